The second kappa shape index (κ2) is 4.60. The molecule has 0 fully saturated rings. The van der Waals surface area contributed by atoms with Crippen molar-refractivity contribution in [2.75, 3.05) is 0 Å². The van der Waals surface area contributed by atoms with Gasteiger partial charge in [0.1, 0.15) is 5.60 Å². The lowest BCUT2D eigenvalue weighted by atomic mass is 9.99. The zero-order chi connectivity index (χ0) is 11.4. The predicted octanol–water partition coefficient (Wildman–Crippen LogP) is 0.926. The lowest BCUT2D eigenvalue weighted by Crippen LogP contribution is -2.30. The fraction of sp³-hybridized carbons (Fsp3) is 0.400. The fourth-order valence-electron chi connectivity index (χ4n) is 0.951. The molecule has 0 unspecified atom stereocenters. The van der Waals surface area contributed by atoms with Crippen LogP contribution in [0.15, 0.2) is 24.8 Å². The molecule has 0 aromatic carbocycles. The largest absolute Gasteiger partial charge is 0.456 e. The second-order valence-electron chi connectivity index (χ2n) is 3.53. The summed E-state index contributed by atoms with van der Waals surface area (Å²) in [6.07, 6.45) is 1.27. The molecule has 4 heteroatoms. The van der Waals surface area contributed by atoms with Crippen molar-refractivity contribution >= 4 is 11.9 Å². The molecule has 0 bridgehead atoms. The molecule has 78 valence electrons. The summed E-state index contributed by atoms with van der Waals surface area (Å²) in [5.74, 6) is -1.13. The summed E-state index contributed by atoms with van der Waals surface area (Å²) in [5, 5.41) is 0. The average molecular weight is 197 g/mol. The Labute approximate surface area is 83.4 Å². The first-order valence-electron chi connectivity index (χ1n) is 4.11. The van der Waals surface area contributed by atoms with Gasteiger partial charge in [0, 0.05) is 18.1 Å². The van der Waals surface area contributed by atoms with Crippen LogP contribution in [0, 0.1) is 0 Å². The minimum atomic E-state index is -0.794. The number of primary amides is 1. The van der Waals surface area contributed by atoms with Crippen LogP contribution in [0.1, 0.15) is 20.3 Å². The van der Waals surface area contributed by atoms with Gasteiger partial charge < -0.3 is 10.5 Å². The number of carbonyl (C=O) groups is 2. The van der Waals surface area contributed by atoms with Gasteiger partial charge in [-0.2, -0.15) is 0 Å². The molecule has 0 radical (unpaired) electrons. The van der Waals surface area contributed by atoms with Crippen LogP contribution < -0.4 is 5.73 Å². The monoisotopic (exact) mass is 197 g/mol. The average Bonchev–Trinajstić information content (AvgIpc) is 2.02. The van der Waals surface area contributed by atoms with Gasteiger partial charge >= 0.3 is 5.97 Å². The maximum atomic E-state index is 10.9. The third kappa shape index (κ3) is 4.45. The molecule has 0 aliphatic rings. The van der Waals surface area contributed by atoms with Gasteiger partial charge in [-0.25, -0.2) is 4.79 Å². The van der Waals surface area contributed by atoms with E-state index < -0.39 is 17.5 Å². The maximum Gasteiger partial charge on any atom is 0.330 e. The zero-order valence-electron chi connectivity index (χ0n) is 8.50. The van der Waals surface area contributed by atoms with Crippen LogP contribution in [0.2, 0.25) is 0 Å². The first kappa shape index (κ1) is 12.4. The number of hydrogen-bond donors (Lipinski definition) is 1. The molecule has 14 heavy (non-hydrogen) atoms. The Hall–Kier alpha value is -1.58. The first-order chi connectivity index (χ1) is 6.28. The highest BCUT2D eigenvalue weighted by Crippen LogP contribution is 2.19. The molecule has 0 heterocycles. The van der Waals surface area contributed by atoms with Gasteiger partial charge in [0.15, 0.2) is 0 Å². The van der Waals surface area contributed by atoms with Crippen LogP contribution in [0.4, 0.5) is 0 Å². The number of hydrogen-bond acceptors (Lipinski definition) is 3. The lowest BCUT2D eigenvalue weighted by Gasteiger charge is -2.24. The van der Waals surface area contributed by atoms with Crippen LogP contribution >= 0.6 is 0 Å². The molecule has 0 aliphatic heterocycles. The van der Waals surface area contributed by atoms with E-state index in [0.29, 0.717) is 0 Å². The quantitative estimate of drug-likeness (QED) is 0.526. The number of carbonyl (C=O) groups excluding carboxylic acids is 2. The van der Waals surface area contributed by atoms with E-state index in [9.17, 15) is 9.59 Å². The molecule has 0 spiro atoms. The lowest BCUT2D eigenvalue weighted by molar-refractivity contribution is -0.150. The normalized spacial score (nSPS) is 10.4. The van der Waals surface area contributed by atoms with Gasteiger partial charge in [-0.05, 0) is 13.8 Å². The van der Waals surface area contributed by atoms with Gasteiger partial charge in [-0.15, -0.1) is 0 Å². The Balaban J connectivity index is 4.33. The Kier molecular flexibility index (Phi) is 4.08. The van der Waals surface area contributed by atoms with Crippen molar-refractivity contribution in [1.29, 1.82) is 0 Å². The van der Waals surface area contributed by atoms with E-state index in [1.165, 1.54) is 0 Å². The molecule has 0 rings (SSSR count). The summed E-state index contributed by atoms with van der Waals surface area (Å²) in [6, 6.07) is 0. The van der Waals surface area contributed by atoms with Crippen LogP contribution in [0.25, 0.3) is 0 Å². The van der Waals surface area contributed by atoms with E-state index in [1.54, 1.807) is 13.8 Å². The Bertz CT molecular complexity index is 279. The number of rotatable bonds is 5. The van der Waals surface area contributed by atoms with Crippen LogP contribution in [-0.4, -0.2) is 17.5 Å². The van der Waals surface area contributed by atoms with E-state index in [2.05, 4.69) is 13.2 Å². The first-order valence-corrected chi connectivity index (χ1v) is 4.11. The van der Waals surface area contributed by atoms with Crippen molar-refractivity contribution < 1.29 is 14.3 Å². The Morgan fingerprint density at radius 1 is 1.50 bits per heavy atom. The van der Waals surface area contributed by atoms with Crippen LogP contribution in [0.5, 0.6) is 0 Å². The number of nitrogens with two attached hydrogens (primary N) is 1. The van der Waals surface area contributed by atoms with Gasteiger partial charge in [0.2, 0.25) is 5.91 Å². The summed E-state index contributed by atoms with van der Waals surface area (Å²) in [7, 11) is 0. The topological polar surface area (TPSA) is 69.4 Å². The third-order valence-electron chi connectivity index (χ3n) is 1.53. The molecule has 1 amide bonds. The van der Waals surface area contributed by atoms with E-state index in [0.717, 1.165) is 6.08 Å². The van der Waals surface area contributed by atoms with E-state index in [4.69, 9.17) is 10.5 Å². The highest BCUT2D eigenvalue weighted by molar-refractivity contribution is 5.91. The van der Waals surface area contributed by atoms with Crippen molar-refractivity contribution in [3.63, 3.8) is 0 Å². The summed E-state index contributed by atoms with van der Waals surface area (Å²) in [4.78, 5) is 21.6. The van der Waals surface area contributed by atoms with Crippen molar-refractivity contribution in [2.45, 2.75) is 25.9 Å². The zero-order valence-corrected chi connectivity index (χ0v) is 8.50. The summed E-state index contributed by atoms with van der Waals surface area (Å²) >= 11 is 0. The minimum Gasteiger partial charge on any atom is -0.456 e. The summed E-state index contributed by atoms with van der Waals surface area (Å²) < 4.78 is 4.98. The number of esters is 1. The molecule has 0 saturated carbocycles. The summed E-state index contributed by atoms with van der Waals surface area (Å²) in [5.41, 5.74) is 4.44. The highest BCUT2D eigenvalue weighted by atomic mass is 16.6. The number of amides is 1. The molecule has 0 saturated heterocycles. The standard InChI is InChI=1S/C10H15NO3/c1-5-8(12)14-10(3,4)6-7(2)9(11)13/h5H,1-2,6H2,3-4H3,(H2,11,13). The second-order valence-corrected chi connectivity index (χ2v) is 3.53. The van der Waals surface area contributed by atoms with E-state index in [1.807, 2.05) is 0 Å². The Morgan fingerprint density at radius 2 is 2.00 bits per heavy atom. The van der Waals surface area contributed by atoms with Crippen molar-refractivity contribution in [3.05, 3.63) is 24.8 Å². The Morgan fingerprint density at radius 3 is 2.36 bits per heavy atom. The maximum absolute atomic E-state index is 10.9. The SMILES string of the molecule is C=CC(=O)OC(C)(C)CC(=C)C(N)=O. The van der Waals surface area contributed by atoms with Crippen molar-refractivity contribution in [2.24, 2.45) is 5.73 Å². The number of ether oxygens (including phenoxy) is 1. The highest BCUT2D eigenvalue weighted by Gasteiger charge is 2.24. The van der Waals surface area contributed by atoms with E-state index >= 15 is 0 Å². The molecule has 0 aliphatic carbocycles. The van der Waals surface area contributed by atoms with Gasteiger partial charge in [0.05, 0.1) is 0 Å². The molecule has 2 N–H and O–H groups in total. The molecular weight excluding hydrogens is 182 g/mol. The van der Waals surface area contributed by atoms with Gasteiger partial charge in [-0.3, -0.25) is 4.79 Å². The molecule has 0 aromatic heterocycles. The predicted molar refractivity (Wildman–Crippen MR) is 53.3 cm³/mol. The molecule has 0 atom stereocenters. The van der Waals surface area contributed by atoms with Crippen molar-refractivity contribution in [1.82, 2.24) is 0 Å². The smallest absolute Gasteiger partial charge is 0.330 e. The third-order valence-corrected chi connectivity index (χ3v) is 1.53. The summed E-state index contributed by atoms with van der Waals surface area (Å²) in [6.45, 7) is 10.1. The van der Waals surface area contributed by atoms with Crippen LogP contribution in [0.3, 0.4) is 0 Å². The van der Waals surface area contributed by atoms with Crippen molar-refractivity contribution in [3.8, 4) is 0 Å². The van der Waals surface area contributed by atoms with Gasteiger partial charge in [0.25, 0.3) is 0 Å². The molecule has 0 aromatic rings. The molecular formula is C10H15NO3. The minimum absolute atomic E-state index is 0.210. The van der Waals surface area contributed by atoms with E-state index in [-0.39, 0.29) is 12.0 Å². The van der Waals surface area contributed by atoms with Gasteiger partial charge in [-0.1, -0.05) is 13.2 Å². The van der Waals surface area contributed by atoms with Crippen LogP contribution in [-0.2, 0) is 14.3 Å². The molecule has 4 nitrogen and oxygen atoms in total. The fourth-order valence-corrected chi connectivity index (χ4v) is 0.951.